The minimum atomic E-state index is 0.791. The van der Waals surface area contributed by atoms with E-state index in [1.165, 1.54) is 5.56 Å². The van der Waals surface area contributed by atoms with E-state index in [4.69, 9.17) is 0 Å². The van der Waals surface area contributed by atoms with Gasteiger partial charge in [0.2, 0.25) is 0 Å². The Morgan fingerprint density at radius 2 is 2.28 bits per heavy atom. The summed E-state index contributed by atoms with van der Waals surface area (Å²) in [5.74, 6) is 1.02. The number of nitrogens with one attached hydrogen (secondary N) is 1. The minimum Gasteiger partial charge on any atom is -0.353 e. The molecule has 2 rings (SSSR count). The fraction of sp³-hybridized carbons (Fsp3) is 0.385. The maximum absolute atomic E-state index is 4.47. The van der Waals surface area contributed by atoms with Crippen molar-refractivity contribution in [1.82, 2.24) is 15.3 Å². The van der Waals surface area contributed by atoms with Gasteiger partial charge < -0.3 is 10.2 Å². The third-order valence-electron chi connectivity index (χ3n) is 2.68. The van der Waals surface area contributed by atoms with Gasteiger partial charge in [-0.05, 0) is 12.6 Å². The van der Waals surface area contributed by atoms with Gasteiger partial charge in [-0.25, -0.2) is 9.97 Å². The second-order valence-corrected chi connectivity index (χ2v) is 4.82. The van der Waals surface area contributed by atoms with Crippen LogP contribution in [0, 0.1) is 0 Å². The van der Waals surface area contributed by atoms with Gasteiger partial charge in [0.1, 0.15) is 5.82 Å². The van der Waals surface area contributed by atoms with E-state index in [2.05, 4.69) is 45.6 Å². The van der Waals surface area contributed by atoms with Crippen LogP contribution in [0.25, 0.3) is 0 Å². The van der Waals surface area contributed by atoms with Crippen LogP contribution in [0.1, 0.15) is 18.2 Å². The molecule has 2 aromatic heterocycles. The van der Waals surface area contributed by atoms with Crippen molar-refractivity contribution in [2.45, 2.75) is 20.0 Å². The normalized spacial score (nSPS) is 10.6. The smallest absolute Gasteiger partial charge is 0.133 e. The first-order valence-corrected chi connectivity index (χ1v) is 6.98. The molecule has 2 aromatic rings. The first-order valence-electron chi connectivity index (χ1n) is 6.04. The lowest BCUT2D eigenvalue weighted by atomic mass is 10.2. The lowest BCUT2D eigenvalue weighted by Gasteiger charge is -2.20. The van der Waals surface area contributed by atoms with Crippen LogP contribution in [0.4, 0.5) is 5.82 Å². The molecule has 0 aliphatic heterocycles. The highest BCUT2D eigenvalue weighted by molar-refractivity contribution is 7.07. The van der Waals surface area contributed by atoms with Crippen LogP contribution >= 0.6 is 11.3 Å². The summed E-state index contributed by atoms with van der Waals surface area (Å²) < 4.78 is 0. The lowest BCUT2D eigenvalue weighted by Crippen LogP contribution is -2.22. The zero-order valence-electron chi connectivity index (χ0n) is 10.8. The van der Waals surface area contributed by atoms with Gasteiger partial charge in [0.05, 0.1) is 17.7 Å². The minimum absolute atomic E-state index is 0.791. The standard InChI is InChI=1S/C13H18N4S/c1-3-14-7-11-5-4-6-15-13(11)17(2)8-12-9-18-10-16-12/h4-6,9-10,14H,3,7-8H2,1-2H3. The third kappa shape index (κ3) is 3.27. The van der Waals surface area contributed by atoms with Gasteiger partial charge >= 0.3 is 0 Å². The molecule has 2 heterocycles. The van der Waals surface area contributed by atoms with Crippen molar-refractivity contribution < 1.29 is 0 Å². The summed E-state index contributed by atoms with van der Waals surface area (Å²) in [7, 11) is 2.05. The second kappa shape index (κ2) is 6.47. The summed E-state index contributed by atoms with van der Waals surface area (Å²) in [5, 5.41) is 5.41. The molecule has 5 heteroatoms. The van der Waals surface area contributed by atoms with Gasteiger partial charge in [-0.1, -0.05) is 13.0 Å². The Hall–Kier alpha value is -1.46. The Bertz CT molecular complexity index is 470. The molecule has 0 spiro atoms. The predicted molar refractivity (Wildman–Crippen MR) is 75.8 cm³/mol. The maximum Gasteiger partial charge on any atom is 0.133 e. The molecular formula is C13H18N4S. The topological polar surface area (TPSA) is 41.1 Å². The number of pyridine rings is 1. The molecule has 0 saturated heterocycles. The fourth-order valence-corrected chi connectivity index (χ4v) is 2.35. The molecule has 0 amide bonds. The Kier molecular flexibility index (Phi) is 4.66. The molecule has 0 radical (unpaired) electrons. The van der Waals surface area contributed by atoms with E-state index in [1.54, 1.807) is 11.3 Å². The van der Waals surface area contributed by atoms with Crippen molar-refractivity contribution in [2.75, 3.05) is 18.5 Å². The van der Waals surface area contributed by atoms with Crippen molar-refractivity contribution in [3.8, 4) is 0 Å². The average molecular weight is 262 g/mol. The highest BCUT2D eigenvalue weighted by Crippen LogP contribution is 2.17. The zero-order valence-corrected chi connectivity index (χ0v) is 11.6. The summed E-state index contributed by atoms with van der Waals surface area (Å²) in [6.07, 6.45) is 1.84. The second-order valence-electron chi connectivity index (χ2n) is 4.10. The Morgan fingerprint density at radius 3 is 3.00 bits per heavy atom. The predicted octanol–water partition coefficient (Wildman–Crippen LogP) is 2.28. The Morgan fingerprint density at radius 1 is 1.39 bits per heavy atom. The SMILES string of the molecule is CCNCc1cccnc1N(C)Cc1cscn1. The molecule has 0 aliphatic rings. The van der Waals surface area contributed by atoms with Crippen LogP contribution in [0.3, 0.4) is 0 Å². The Balaban J connectivity index is 2.11. The summed E-state index contributed by atoms with van der Waals surface area (Å²) in [6, 6.07) is 4.09. The number of nitrogens with zero attached hydrogens (tertiary/aromatic N) is 3. The van der Waals surface area contributed by atoms with Crippen molar-refractivity contribution >= 4 is 17.2 Å². The van der Waals surface area contributed by atoms with Crippen LogP contribution < -0.4 is 10.2 Å². The summed E-state index contributed by atoms with van der Waals surface area (Å²) in [4.78, 5) is 10.9. The van der Waals surface area contributed by atoms with Crippen molar-refractivity contribution in [3.05, 3.63) is 40.5 Å². The number of hydrogen-bond donors (Lipinski definition) is 1. The molecule has 18 heavy (non-hydrogen) atoms. The molecule has 96 valence electrons. The van der Waals surface area contributed by atoms with Gasteiger partial charge in [-0.2, -0.15) is 0 Å². The molecule has 0 atom stereocenters. The van der Waals surface area contributed by atoms with Gasteiger partial charge in [0, 0.05) is 30.7 Å². The maximum atomic E-state index is 4.47. The van der Waals surface area contributed by atoms with Crippen molar-refractivity contribution in [3.63, 3.8) is 0 Å². The molecule has 0 unspecified atom stereocenters. The molecule has 1 N–H and O–H groups in total. The number of aromatic nitrogens is 2. The fourth-order valence-electron chi connectivity index (χ4n) is 1.81. The summed E-state index contributed by atoms with van der Waals surface area (Å²) in [6.45, 7) is 4.71. The zero-order chi connectivity index (χ0) is 12.8. The van der Waals surface area contributed by atoms with Crippen LogP contribution in [-0.4, -0.2) is 23.6 Å². The van der Waals surface area contributed by atoms with Gasteiger partial charge in [0.25, 0.3) is 0 Å². The molecule has 0 aliphatic carbocycles. The first kappa shape index (κ1) is 13.0. The number of hydrogen-bond acceptors (Lipinski definition) is 5. The number of rotatable bonds is 6. The highest BCUT2D eigenvalue weighted by atomic mass is 32.1. The van der Waals surface area contributed by atoms with Crippen molar-refractivity contribution in [1.29, 1.82) is 0 Å². The van der Waals surface area contributed by atoms with Crippen LogP contribution in [0.5, 0.6) is 0 Å². The van der Waals surface area contributed by atoms with E-state index in [1.807, 2.05) is 17.8 Å². The van der Waals surface area contributed by atoms with Crippen LogP contribution in [0.15, 0.2) is 29.2 Å². The molecule has 0 fully saturated rings. The van der Waals surface area contributed by atoms with E-state index >= 15 is 0 Å². The number of anilines is 1. The molecule has 0 aromatic carbocycles. The van der Waals surface area contributed by atoms with Gasteiger partial charge in [0.15, 0.2) is 0 Å². The van der Waals surface area contributed by atoms with E-state index < -0.39 is 0 Å². The van der Waals surface area contributed by atoms with Crippen LogP contribution in [-0.2, 0) is 13.1 Å². The molecular weight excluding hydrogens is 244 g/mol. The third-order valence-corrected chi connectivity index (χ3v) is 3.31. The van der Waals surface area contributed by atoms with Gasteiger partial charge in [-0.3, -0.25) is 0 Å². The van der Waals surface area contributed by atoms with E-state index in [0.29, 0.717) is 0 Å². The highest BCUT2D eigenvalue weighted by Gasteiger charge is 2.09. The largest absolute Gasteiger partial charge is 0.353 e. The molecule has 0 bridgehead atoms. The van der Waals surface area contributed by atoms with Crippen LogP contribution in [0.2, 0.25) is 0 Å². The molecule has 0 saturated carbocycles. The summed E-state index contributed by atoms with van der Waals surface area (Å²) >= 11 is 1.62. The molecule has 4 nitrogen and oxygen atoms in total. The quantitative estimate of drug-likeness (QED) is 0.867. The monoisotopic (exact) mass is 262 g/mol. The van der Waals surface area contributed by atoms with Crippen molar-refractivity contribution in [2.24, 2.45) is 0 Å². The van der Waals surface area contributed by atoms with E-state index in [0.717, 1.165) is 31.1 Å². The summed E-state index contributed by atoms with van der Waals surface area (Å²) in [5.41, 5.74) is 4.17. The van der Waals surface area contributed by atoms with E-state index in [-0.39, 0.29) is 0 Å². The number of thiazole rings is 1. The van der Waals surface area contributed by atoms with E-state index in [9.17, 15) is 0 Å². The first-order chi connectivity index (χ1) is 8.81. The average Bonchev–Trinajstić information content (AvgIpc) is 2.89. The Labute approximate surface area is 112 Å². The van der Waals surface area contributed by atoms with Gasteiger partial charge in [-0.15, -0.1) is 11.3 Å². The lowest BCUT2D eigenvalue weighted by molar-refractivity contribution is 0.718.